The number of amides is 1. The third-order valence-corrected chi connectivity index (χ3v) is 3.05. The lowest BCUT2D eigenvalue weighted by molar-refractivity contribution is -0.147. The topological polar surface area (TPSA) is 84.9 Å². The monoisotopic (exact) mass is 279 g/mol. The van der Waals surface area contributed by atoms with Crippen LogP contribution in [0.25, 0.3) is 0 Å². The highest BCUT2D eigenvalue weighted by molar-refractivity contribution is 5.89. The molecule has 20 heavy (non-hydrogen) atoms. The minimum atomic E-state index is -0.962. The molecule has 1 aromatic rings. The van der Waals surface area contributed by atoms with Gasteiger partial charge in [-0.1, -0.05) is 18.2 Å². The average molecular weight is 279 g/mol. The van der Waals surface area contributed by atoms with Gasteiger partial charge in [-0.15, -0.1) is 0 Å². The quantitative estimate of drug-likeness (QED) is 0.818. The van der Waals surface area contributed by atoms with E-state index in [0.717, 1.165) is 0 Å². The van der Waals surface area contributed by atoms with Crippen LogP contribution in [0.15, 0.2) is 24.3 Å². The molecule has 1 atom stereocenters. The van der Waals surface area contributed by atoms with Crippen LogP contribution in [0.4, 0.5) is 0 Å². The molecule has 0 bridgehead atoms. The summed E-state index contributed by atoms with van der Waals surface area (Å²) in [6.07, 6.45) is -0.111. The number of rotatable bonds is 5. The van der Waals surface area contributed by atoms with Crippen LogP contribution in [0.1, 0.15) is 15.9 Å². The zero-order valence-electron chi connectivity index (χ0n) is 11.0. The number of nitrogens with one attached hydrogen (secondary N) is 1. The van der Waals surface area contributed by atoms with E-state index in [1.54, 1.807) is 24.3 Å². The van der Waals surface area contributed by atoms with Crippen LogP contribution < -0.4 is 5.32 Å². The first kappa shape index (κ1) is 14.5. The van der Waals surface area contributed by atoms with Gasteiger partial charge in [0.1, 0.15) is 0 Å². The molecule has 0 aliphatic carbocycles. The molecule has 6 heteroatoms. The minimum Gasteiger partial charge on any atom is -0.478 e. The lowest BCUT2D eigenvalue weighted by atomic mass is 10.0. The van der Waals surface area contributed by atoms with Crippen LogP contribution in [-0.2, 0) is 20.7 Å². The van der Waals surface area contributed by atoms with Crippen LogP contribution in [0.3, 0.4) is 0 Å². The number of benzene rings is 1. The highest BCUT2D eigenvalue weighted by Crippen LogP contribution is 2.09. The van der Waals surface area contributed by atoms with Gasteiger partial charge in [-0.05, 0) is 18.1 Å². The lowest BCUT2D eigenvalue weighted by Gasteiger charge is -2.22. The van der Waals surface area contributed by atoms with Crippen molar-refractivity contribution in [3.05, 3.63) is 35.4 Å². The average Bonchev–Trinajstić information content (AvgIpc) is 2.48. The number of aromatic carboxylic acids is 1. The van der Waals surface area contributed by atoms with Gasteiger partial charge in [-0.3, -0.25) is 4.79 Å². The van der Waals surface area contributed by atoms with Crippen LogP contribution in [0.2, 0.25) is 0 Å². The van der Waals surface area contributed by atoms with Crippen molar-refractivity contribution in [1.82, 2.24) is 5.32 Å². The third kappa shape index (κ3) is 3.79. The van der Waals surface area contributed by atoms with Gasteiger partial charge < -0.3 is 19.9 Å². The molecule has 0 radical (unpaired) electrons. The Morgan fingerprint density at radius 2 is 2.10 bits per heavy atom. The van der Waals surface area contributed by atoms with Gasteiger partial charge in [-0.25, -0.2) is 4.79 Å². The highest BCUT2D eigenvalue weighted by Gasteiger charge is 2.22. The van der Waals surface area contributed by atoms with Crippen LogP contribution in [-0.4, -0.2) is 49.5 Å². The van der Waals surface area contributed by atoms with Gasteiger partial charge in [-0.2, -0.15) is 0 Å². The van der Waals surface area contributed by atoms with Crippen molar-refractivity contribution in [2.75, 3.05) is 26.4 Å². The number of carbonyl (C=O) groups excluding carboxylic acids is 1. The van der Waals surface area contributed by atoms with Gasteiger partial charge in [0.25, 0.3) is 5.91 Å². The lowest BCUT2D eigenvalue weighted by Crippen LogP contribution is -2.43. The fourth-order valence-electron chi connectivity index (χ4n) is 2.02. The van der Waals surface area contributed by atoms with Crippen LogP contribution in [0, 0.1) is 0 Å². The summed E-state index contributed by atoms with van der Waals surface area (Å²) in [5.41, 5.74) is 0.958. The highest BCUT2D eigenvalue weighted by atomic mass is 16.6. The fourth-order valence-corrected chi connectivity index (χ4v) is 2.02. The summed E-state index contributed by atoms with van der Waals surface area (Å²) in [5.74, 6) is -1.19. The van der Waals surface area contributed by atoms with E-state index >= 15 is 0 Å². The molecule has 1 amide bonds. The number of hydrogen-bond donors (Lipinski definition) is 2. The van der Waals surface area contributed by atoms with Crippen LogP contribution in [0.5, 0.6) is 0 Å². The molecule has 1 unspecified atom stereocenters. The van der Waals surface area contributed by atoms with Gasteiger partial charge >= 0.3 is 5.97 Å². The van der Waals surface area contributed by atoms with Gasteiger partial charge in [0.2, 0.25) is 0 Å². The first-order chi connectivity index (χ1) is 9.68. The van der Waals surface area contributed by atoms with Crippen molar-refractivity contribution in [3.63, 3.8) is 0 Å². The predicted octanol–water partition coefficient (Wildman–Crippen LogP) is 0.459. The number of carbonyl (C=O) groups is 2. The third-order valence-electron chi connectivity index (χ3n) is 3.05. The van der Waals surface area contributed by atoms with E-state index in [0.29, 0.717) is 31.7 Å². The maximum atomic E-state index is 11.8. The van der Waals surface area contributed by atoms with Gasteiger partial charge in [0, 0.05) is 6.54 Å². The molecule has 1 aliphatic rings. The Balaban J connectivity index is 1.83. The Morgan fingerprint density at radius 1 is 1.30 bits per heavy atom. The number of hydrogen-bond acceptors (Lipinski definition) is 4. The summed E-state index contributed by atoms with van der Waals surface area (Å²) >= 11 is 0. The number of carboxylic acids is 1. The van der Waals surface area contributed by atoms with E-state index in [2.05, 4.69) is 5.32 Å². The second-order valence-corrected chi connectivity index (χ2v) is 4.44. The Labute approximate surface area is 116 Å². The molecule has 2 rings (SSSR count). The Hall–Kier alpha value is -1.92. The standard InChI is InChI=1S/C14H17NO5/c16-13(12-9-19-7-8-20-12)15-6-5-10-3-1-2-4-11(10)14(17)18/h1-4,12H,5-9H2,(H,15,16)(H,17,18). The van der Waals surface area contributed by atoms with E-state index in [-0.39, 0.29) is 18.1 Å². The van der Waals surface area contributed by atoms with Crippen molar-refractivity contribution in [2.45, 2.75) is 12.5 Å². The van der Waals surface area contributed by atoms with Gasteiger partial charge in [0.05, 0.1) is 25.4 Å². The Bertz CT molecular complexity index is 482. The first-order valence-corrected chi connectivity index (χ1v) is 6.46. The summed E-state index contributed by atoms with van der Waals surface area (Å²) in [5, 5.41) is 11.8. The second-order valence-electron chi connectivity index (χ2n) is 4.44. The largest absolute Gasteiger partial charge is 0.478 e. The van der Waals surface area contributed by atoms with E-state index < -0.39 is 12.1 Å². The minimum absolute atomic E-state index is 0.225. The molecule has 1 aliphatic heterocycles. The molecular formula is C14H17NO5. The number of carboxylic acid groups (broad SMARTS) is 1. The van der Waals surface area contributed by atoms with Crippen molar-refractivity contribution in [1.29, 1.82) is 0 Å². The molecule has 1 saturated heterocycles. The fraction of sp³-hybridized carbons (Fsp3) is 0.429. The van der Waals surface area contributed by atoms with E-state index in [1.807, 2.05) is 0 Å². The number of ether oxygens (including phenoxy) is 2. The summed E-state index contributed by atoms with van der Waals surface area (Å²) in [6.45, 7) is 1.55. The summed E-state index contributed by atoms with van der Waals surface area (Å²) in [6, 6.07) is 6.76. The Kier molecular flexibility index (Phi) is 5.09. The molecular weight excluding hydrogens is 262 g/mol. The zero-order chi connectivity index (χ0) is 14.4. The summed E-state index contributed by atoms with van der Waals surface area (Å²) in [4.78, 5) is 22.8. The normalized spacial score (nSPS) is 18.5. The maximum Gasteiger partial charge on any atom is 0.335 e. The predicted molar refractivity (Wildman–Crippen MR) is 70.7 cm³/mol. The molecule has 1 heterocycles. The molecule has 1 fully saturated rings. The molecule has 1 aromatic carbocycles. The molecule has 0 saturated carbocycles. The summed E-state index contributed by atoms with van der Waals surface area (Å²) in [7, 11) is 0. The zero-order valence-corrected chi connectivity index (χ0v) is 11.0. The second kappa shape index (κ2) is 7.02. The van der Waals surface area contributed by atoms with Crippen molar-refractivity contribution in [3.8, 4) is 0 Å². The van der Waals surface area contributed by atoms with Crippen molar-refractivity contribution in [2.24, 2.45) is 0 Å². The molecule has 0 aromatic heterocycles. The van der Waals surface area contributed by atoms with Crippen molar-refractivity contribution >= 4 is 11.9 Å². The SMILES string of the molecule is O=C(O)c1ccccc1CCNC(=O)C1COCCO1. The van der Waals surface area contributed by atoms with Crippen LogP contribution >= 0.6 is 0 Å². The Morgan fingerprint density at radius 3 is 2.80 bits per heavy atom. The first-order valence-electron chi connectivity index (χ1n) is 6.46. The van der Waals surface area contributed by atoms with Gasteiger partial charge in [0.15, 0.2) is 6.10 Å². The van der Waals surface area contributed by atoms with Crippen molar-refractivity contribution < 1.29 is 24.2 Å². The maximum absolute atomic E-state index is 11.8. The molecule has 6 nitrogen and oxygen atoms in total. The van der Waals surface area contributed by atoms with E-state index in [9.17, 15) is 9.59 Å². The summed E-state index contributed by atoms with van der Waals surface area (Å²) < 4.78 is 10.4. The molecule has 2 N–H and O–H groups in total. The molecule has 108 valence electrons. The van der Waals surface area contributed by atoms with E-state index in [4.69, 9.17) is 14.6 Å². The molecule has 0 spiro atoms. The van der Waals surface area contributed by atoms with E-state index in [1.165, 1.54) is 0 Å². The smallest absolute Gasteiger partial charge is 0.335 e.